The third-order valence-corrected chi connectivity index (χ3v) is 3.31. The quantitative estimate of drug-likeness (QED) is 0.590. The van der Waals surface area contributed by atoms with E-state index >= 15 is 0 Å². The molecule has 1 aromatic carbocycles. The average Bonchev–Trinajstić information content (AvgIpc) is 2.91. The molecule has 6 heteroatoms. The van der Waals surface area contributed by atoms with Crippen molar-refractivity contribution in [3.05, 3.63) is 40.9 Å². The Morgan fingerprint density at radius 2 is 2.15 bits per heavy atom. The second kappa shape index (κ2) is 6.43. The lowest BCUT2D eigenvalue weighted by atomic mass is 10.1. The van der Waals surface area contributed by atoms with Gasteiger partial charge in [-0.15, -0.1) is 0 Å². The van der Waals surface area contributed by atoms with Crippen LogP contribution in [0.2, 0.25) is 5.02 Å². The minimum absolute atomic E-state index is 0.0126. The van der Waals surface area contributed by atoms with E-state index in [0.29, 0.717) is 11.4 Å². The Kier molecular flexibility index (Phi) is 4.63. The molecule has 0 fully saturated rings. The zero-order valence-electron chi connectivity index (χ0n) is 10.7. The van der Waals surface area contributed by atoms with Gasteiger partial charge >= 0.3 is 0 Å². The van der Waals surface area contributed by atoms with Crippen LogP contribution in [-0.4, -0.2) is 16.9 Å². The molecule has 0 heterocycles. The van der Waals surface area contributed by atoms with Gasteiger partial charge in [0, 0.05) is 11.4 Å². The van der Waals surface area contributed by atoms with Gasteiger partial charge in [-0.1, -0.05) is 23.8 Å². The molecular formula is C14H15ClN2O3. The fraction of sp³-hybridized carbons (Fsp3) is 0.286. The molecule has 1 aromatic rings. The van der Waals surface area contributed by atoms with E-state index in [0.717, 1.165) is 12.8 Å². The molecule has 0 saturated carbocycles. The number of hydrazine groups is 1. The number of benzene rings is 1. The monoisotopic (exact) mass is 294 g/mol. The van der Waals surface area contributed by atoms with Crippen molar-refractivity contribution >= 4 is 23.4 Å². The minimum atomic E-state index is -0.611. The van der Waals surface area contributed by atoms with Crippen molar-refractivity contribution in [2.24, 2.45) is 5.92 Å². The Morgan fingerprint density at radius 3 is 2.85 bits per heavy atom. The summed E-state index contributed by atoms with van der Waals surface area (Å²) in [5.74, 6) is -0.844. The fourth-order valence-corrected chi connectivity index (χ4v) is 2.21. The van der Waals surface area contributed by atoms with E-state index in [-0.39, 0.29) is 23.1 Å². The maximum absolute atomic E-state index is 11.8. The molecule has 0 radical (unpaired) electrons. The summed E-state index contributed by atoms with van der Waals surface area (Å²) in [5, 5.41) is 9.89. The van der Waals surface area contributed by atoms with Crippen LogP contribution in [0.25, 0.3) is 0 Å². The van der Waals surface area contributed by atoms with E-state index in [4.69, 9.17) is 11.6 Å². The summed E-state index contributed by atoms with van der Waals surface area (Å²) in [6.45, 7) is 0. The SMILES string of the molecule is O=C(C[C@@H]1C=CCC1)NNC(=O)c1cc(Cl)ccc1O. The summed E-state index contributed by atoms with van der Waals surface area (Å²) in [7, 11) is 0. The lowest BCUT2D eigenvalue weighted by Gasteiger charge is -2.10. The summed E-state index contributed by atoms with van der Waals surface area (Å²) < 4.78 is 0. The maximum Gasteiger partial charge on any atom is 0.273 e. The molecule has 1 aliphatic carbocycles. The van der Waals surface area contributed by atoms with Gasteiger partial charge in [-0.05, 0) is 37.0 Å². The highest BCUT2D eigenvalue weighted by Gasteiger charge is 2.16. The first-order chi connectivity index (χ1) is 9.56. The lowest BCUT2D eigenvalue weighted by molar-refractivity contribution is -0.122. The number of halogens is 1. The highest BCUT2D eigenvalue weighted by molar-refractivity contribution is 6.31. The topological polar surface area (TPSA) is 78.4 Å². The number of phenolic OH excluding ortho intramolecular Hbond substituents is 1. The van der Waals surface area contributed by atoms with Crippen LogP contribution in [0.15, 0.2) is 30.4 Å². The van der Waals surface area contributed by atoms with Gasteiger partial charge in [0.25, 0.3) is 5.91 Å². The van der Waals surface area contributed by atoms with E-state index in [2.05, 4.69) is 10.9 Å². The number of carbonyl (C=O) groups excluding carboxylic acids is 2. The van der Waals surface area contributed by atoms with Gasteiger partial charge in [-0.25, -0.2) is 0 Å². The molecule has 3 N–H and O–H groups in total. The standard InChI is InChI=1S/C14H15ClN2O3/c15-10-5-6-12(18)11(8-10)14(20)17-16-13(19)7-9-3-1-2-4-9/h1,3,5-6,8-9,18H,2,4,7H2,(H,16,19)(H,17,20)/t9-/m1/s1. The first-order valence-corrected chi connectivity index (χ1v) is 6.68. The number of hydrogen-bond donors (Lipinski definition) is 3. The smallest absolute Gasteiger partial charge is 0.273 e. The lowest BCUT2D eigenvalue weighted by Crippen LogP contribution is -2.42. The molecule has 0 unspecified atom stereocenters. The number of carbonyl (C=O) groups is 2. The summed E-state index contributed by atoms with van der Waals surface area (Å²) in [6, 6.07) is 4.12. The number of aromatic hydroxyl groups is 1. The predicted octanol–water partition coefficient (Wildman–Crippen LogP) is 2.16. The molecule has 1 atom stereocenters. The minimum Gasteiger partial charge on any atom is -0.507 e. The fourth-order valence-electron chi connectivity index (χ4n) is 2.04. The zero-order valence-corrected chi connectivity index (χ0v) is 11.5. The summed E-state index contributed by atoms with van der Waals surface area (Å²) in [4.78, 5) is 23.4. The molecule has 0 saturated heterocycles. The van der Waals surface area contributed by atoms with E-state index < -0.39 is 5.91 Å². The largest absolute Gasteiger partial charge is 0.507 e. The van der Waals surface area contributed by atoms with Gasteiger partial charge in [0.2, 0.25) is 5.91 Å². The van der Waals surface area contributed by atoms with E-state index in [9.17, 15) is 14.7 Å². The summed E-state index contributed by atoms with van der Waals surface area (Å²) in [6.07, 6.45) is 6.32. The second-order valence-corrected chi connectivity index (χ2v) is 5.07. The van der Waals surface area contributed by atoms with Gasteiger partial charge in [-0.2, -0.15) is 0 Å². The highest BCUT2D eigenvalue weighted by Crippen LogP contribution is 2.21. The number of nitrogens with one attached hydrogen (secondary N) is 2. The number of rotatable bonds is 3. The first-order valence-electron chi connectivity index (χ1n) is 6.30. The third kappa shape index (κ3) is 3.74. The molecule has 2 amide bonds. The van der Waals surface area contributed by atoms with Crippen molar-refractivity contribution in [1.29, 1.82) is 0 Å². The molecular weight excluding hydrogens is 280 g/mol. The van der Waals surface area contributed by atoms with Crippen molar-refractivity contribution in [1.82, 2.24) is 10.9 Å². The van der Waals surface area contributed by atoms with Gasteiger partial charge in [0.1, 0.15) is 5.75 Å². The first kappa shape index (κ1) is 14.4. The van der Waals surface area contributed by atoms with Crippen molar-refractivity contribution in [2.45, 2.75) is 19.3 Å². The molecule has 20 heavy (non-hydrogen) atoms. The van der Waals surface area contributed by atoms with Crippen LogP contribution < -0.4 is 10.9 Å². The van der Waals surface area contributed by atoms with Crippen LogP contribution in [0.3, 0.4) is 0 Å². The zero-order chi connectivity index (χ0) is 14.5. The van der Waals surface area contributed by atoms with Crippen molar-refractivity contribution in [3.63, 3.8) is 0 Å². The second-order valence-electron chi connectivity index (χ2n) is 4.63. The molecule has 0 spiro atoms. The van der Waals surface area contributed by atoms with Gasteiger partial charge in [0.05, 0.1) is 5.56 Å². The third-order valence-electron chi connectivity index (χ3n) is 3.08. The molecule has 0 aromatic heterocycles. The van der Waals surface area contributed by atoms with Crippen LogP contribution in [-0.2, 0) is 4.79 Å². The summed E-state index contributed by atoms with van der Waals surface area (Å²) >= 11 is 5.75. The maximum atomic E-state index is 11.8. The molecule has 0 aliphatic heterocycles. The van der Waals surface area contributed by atoms with Crippen LogP contribution in [0, 0.1) is 5.92 Å². The number of amides is 2. The highest BCUT2D eigenvalue weighted by atomic mass is 35.5. The summed E-state index contributed by atoms with van der Waals surface area (Å²) in [5.41, 5.74) is 4.60. The van der Waals surface area contributed by atoms with E-state index in [1.165, 1.54) is 18.2 Å². The normalized spacial score (nSPS) is 16.9. The van der Waals surface area contributed by atoms with Crippen LogP contribution in [0.5, 0.6) is 5.75 Å². The van der Waals surface area contributed by atoms with Crippen LogP contribution in [0.4, 0.5) is 0 Å². The van der Waals surface area contributed by atoms with Crippen LogP contribution >= 0.6 is 11.6 Å². The molecule has 5 nitrogen and oxygen atoms in total. The Balaban J connectivity index is 1.86. The number of phenols is 1. The number of allylic oxidation sites excluding steroid dienone is 2. The Bertz CT molecular complexity index is 557. The average molecular weight is 295 g/mol. The molecule has 106 valence electrons. The Morgan fingerprint density at radius 1 is 1.35 bits per heavy atom. The van der Waals surface area contributed by atoms with Crippen molar-refractivity contribution in [2.75, 3.05) is 0 Å². The van der Waals surface area contributed by atoms with Gasteiger partial charge < -0.3 is 5.11 Å². The Labute approximate surface area is 121 Å². The molecule has 0 bridgehead atoms. The van der Waals surface area contributed by atoms with Crippen molar-refractivity contribution in [3.8, 4) is 5.75 Å². The van der Waals surface area contributed by atoms with Crippen LogP contribution in [0.1, 0.15) is 29.6 Å². The van der Waals surface area contributed by atoms with Gasteiger partial charge in [0.15, 0.2) is 0 Å². The number of hydrogen-bond acceptors (Lipinski definition) is 3. The molecule has 1 aliphatic rings. The van der Waals surface area contributed by atoms with E-state index in [1.54, 1.807) is 0 Å². The van der Waals surface area contributed by atoms with E-state index in [1.807, 2.05) is 12.2 Å². The molecule has 2 rings (SSSR count). The predicted molar refractivity (Wildman–Crippen MR) is 75.2 cm³/mol. The van der Waals surface area contributed by atoms with Gasteiger partial charge in [-0.3, -0.25) is 20.4 Å². The Hall–Kier alpha value is -2.01. The van der Waals surface area contributed by atoms with Crippen molar-refractivity contribution < 1.29 is 14.7 Å².